The number of nitrogen functional groups attached to an aromatic ring is 2. The molecule has 1 aromatic rings. The first-order valence-electron chi connectivity index (χ1n) is 3.77. The Bertz CT molecular complexity index is 227. The topological polar surface area (TPSA) is 52.0 Å². The van der Waals surface area contributed by atoms with E-state index in [1.165, 1.54) is 0 Å². The summed E-state index contributed by atoms with van der Waals surface area (Å²) in [5, 5.41) is 0. The minimum atomic E-state index is 0.782. The minimum Gasteiger partial charge on any atom is -0.398 e. The molecule has 0 aliphatic rings. The van der Waals surface area contributed by atoms with Gasteiger partial charge in [0.05, 0.1) is 0 Å². The standard InChI is InChI=1S/C9H13BrN2/c1-4-7(10)5(2)9(12)6(3)8(4)11/h11-12H2,1-3H3. The molecule has 0 saturated carbocycles. The van der Waals surface area contributed by atoms with E-state index in [1.807, 2.05) is 20.8 Å². The van der Waals surface area contributed by atoms with Gasteiger partial charge >= 0.3 is 0 Å². The molecule has 0 spiro atoms. The summed E-state index contributed by atoms with van der Waals surface area (Å²) < 4.78 is 1.02. The van der Waals surface area contributed by atoms with Crippen LogP contribution >= 0.6 is 15.9 Å². The number of nitrogens with two attached hydrogens (primary N) is 2. The number of halogens is 1. The molecular weight excluding hydrogens is 216 g/mol. The van der Waals surface area contributed by atoms with Crippen molar-refractivity contribution in [3.05, 3.63) is 21.2 Å². The van der Waals surface area contributed by atoms with E-state index in [4.69, 9.17) is 11.5 Å². The van der Waals surface area contributed by atoms with Gasteiger partial charge in [-0.25, -0.2) is 0 Å². The monoisotopic (exact) mass is 228 g/mol. The summed E-state index contributed by atoms with van der Waals surface area (Å²) in [6.45, 7) is 5.91. The first-order valence-corrected chi connectivity index (χ1v) is 4.56. The Morgan fingerprint density at radius 2 is 1.17 bits per heavy atom. The largest absolute Gasteiger partial charge is 0.398 e. The van der Waals surface area contributed by atoms with Crippen molar-refractivity contribution in [2.45, 2.75) is 20.8 Å². The third kappa shape index (κ3) is 1.18. The molecule has 0 bridgehead atoms. The summed E-state index contributed by atoms with van der Waals surface area (Å²) in [7, 11) is 0. The normalized spacial score (nSPS) is 10.3. The highest BCUT2D eigenvalue weighted by Crippen LogP contribution is 2.33. The average Bonchev–Trinajstić information content (AvgIpc) is 2.08. The summed E-state index contributed by atoms with van der Waals surface area (Å²) in [6, 6.07) is 0. The Morgan fingerprint density at radius 3 is 1.50 bits per heavy atom. The van der Waals surface area contributed by atoms with E-state index >= 15 is 0 Å². The Kier molecular flexibility index (Phi) is 2.33. The fourth-order valence-corrected chi connectivity index (χ4v) is 1.65. The zero-order chi connectivity index (χ0) is 9.46. The van der Waals surface area contributed by atoms with Crippen LogP contribution in [0.2, 0.25) is 0 Å². The van der Waals surface area contributed by atoms with Gasteiger partial charge < -0.3 is 11.5 Å². The van der Waals surface area contributed by atoms with Gasteiger partial charge in [0.25, 0.3) is 0 Å². The molecular formula is C9H13BrN2. The third-order valence-corrected chi connectivity index (χ3v) is 3.46. The number of hydrogen-bond acceptors (Lipinski definition) is 2. The Balaban J connectivity index is 3.60. The van der Waals surface area contributed by atoms with E-state index in [0.29, 0.717) is 0 Å². The van der Waals surface area contributed by atoms with Crippen LogP contribution in [0.3, 0.4) is 0 Å². The maximum Gasteiger partial charge on any atom is 0.0405 e. The molecule has 0 unspecified atom stereocenters. The van der Waals surface area contributed by atoms with Crippen LogP contribution in [-0.2, 0) is 0 Å². The zero-order valence-corrected chi connectivity index (χ0v) is 9.12. The molecule has 0 saturated heterocycles. The first-order chi connectivity index (χ1) is 5.46. The van der Waals surface area contributed by atoms with Crippen LogP contribution in [0.5, 0.6) is 0 Å². The van der Waals surface area contributed by atoms with Gasteiger partial charge in [-0.1, -0.05) is 15.9 Å². The van der Waals surface area contributed by atoms with Crippen molar-refractivity contribution in [1.82, 2.24) is 0 Å². The quantitative estimate of drug-likeness (QED) is 0.671. The molecule has 0 aliphatic carbocycles. The second-order valence-electron chi connectivity index (χ2n) is 3.02. The van der Waals surface area contributed by atoms with Crippen LogP contribution < -0.4 is 11.5 Å². The lowest BCUT2D eigenvalue weighted by atomic mass is 10.0. The molecule has 66 valence electrons. The summed E-state index contributed by atoms with van der Waals surface area (Å²) >= 11 is 3.45. The van der Waals surface area contributed by atoms with E-state index in [2.05, 4.69) is 15.9 Å². The second-order valence-corrected chi connectivity index (χ2v) is 3.81. The van der Waals surface area contributed by atoms with E-state index in [1.54, 1.807) is 0 Å². The fourth-order valence-electron chi connectivity index (χ4n) is 1.23. The summed E-state index contributed by atoms with van der Waals surface area (Å²) in [5.41, 5.74) is 16.4. The lowest BCUT2D eigenvalue weighted by Crippen LogP contribution is -2.02. The van der Waals surface area contributed by atoms with Gasteiger partial charge in [0.2, 0.25) is 0 Å². The molecule has 1 rings (SSSR count). The van der Waals surface area contributed by atoms with E-state index < -0.39 is 0 Å². The van der Waals surface area contributed by atoms with Gasteiger partial charge in [0.1, 0.15) is 0 Å². The van der Waals surface area contributed by atoms with Crippen molar-refractivity contribution < 1.29 is 0 Å². The maximum absolute atomic E-state index is 5.84. The molecule has 3 heteroatoms. The molecule has 0 heterocycles. The van der Waals surface area contributed by atoms with Crippen molar-refractivity contribution in [1.29, 1.82) is 0 Å². The van der Waals surface area contributed by atoms with Crippen molar-refractivity contribution in [3.8, 4) is 0 Å². The number of anilines is 2. The van der Waals surface area contributed by atoms with Gasteiger partial charge in [-0.2, -0.15) is 0 Å². The number of hydrogen-bond donors (Lipinski definition) is 2. The molecule has 0 aromatic heterocycles. The first kappa shape index (κ1) is 9.39. The van der Waals surface area contributed by atoms with Gasteiger partial charge in [0, 0.05) is 15.8 Å². The molecule has 0 fully saturated rings. The predicted molar refractivity (Wildman–Crippen MR) is 57.2 cm³/mol. The molecule has 0 aliphatic heterocycles. The van der Waals surface area contributed by atoms with Crippen LogP contribution in [0.4, 0.5) is 11.4 Å². The second kappa shape index (κ2) is 2.98. The van der Waals surface area contributed by atoms with Gasteiger partial charge in [-0.3, -0.25) is 0 Å². The lowest BCUT2D eigenvalue weighted by Gasteiger charge is -2.13. The average molecular weight is 229 g/mol. The Hall–Kier alpha value is -0.700. The highest BCUT2D eigenvalue weighted by molar-refractivity contribution is 9.10. The van der Waals surface area contributed by atoms with E-state index in [-0.39, 0.29) is 0 Å². The summed E-state index contributed by atoms with van der Waals surface area (Å²) in [5.74, 6) is 0. The minimum absolute atomic E-state index is 0.782. The molecule has 0 radical (unpaired) electrons. The van der Waals surface area contributed by atoms with Crippen LogP contribution in [0, 0.1) is 20.8 Å². The van der Waals surface area contributed by atoms with E-state index in [9.17, 15) is 0 Å². The van der Waals surface area contributed by atoms with Crippen molar-refractivity contribution >= 4 is 27.3 Å². The highest BCUT2D eigenvalue weighted by Gasteiger charge is 2.10. The summed E-state index contributed by atoms with van der Waals surface area (Å²) in [4.78, 5) is 0. The lowest BCUT2D eigenvalue weighted by molar-refractivity contribution is 1.30. The molecule has 12 heavy (non-hydrogen) atoms. The zero-order valence-electron chi connectivity index (χ0n) is 7.53. The van der Waals surface area contributed by atoms with Crippen molar-refractivity contribution in [2.75, 3.05) is 11.5 Å². The highest BCUT2D eigenvalue weighted by atomic mass is 79.9. The molecule has 0 amide bonds. The maximum atomic E-state index is 5.84. The van der Waals surface area contributed by atoms with Crippen molar-refractivity contribution in [3.63, 3.8) is 0 Å². The molecule has 0 atom stereocenters. The SMILES string of the molecule is Cc1c(N)c(C)c(Br)c(C)c1N. The van der Waals surface area contributed by atoms with Crippen LogP contribution in [-0.4, -0.2) is 0 Å². The predicted octanol–water partition coefficient (Wildman–Crippen LogP) is 2.54. The van der Waals surface area contributed by atoms with Gasteiger partial charge in [-0.05, 0) is 37.5 Å². The molecule has 2 nitrogen and oxygen atoms in total. The molecule has 1 aromatic carbocycles. The summed E-state index contributed by atoms with van der Waals surface area (Å²) in [6.07, 6.45) is 0. The third-order valence-electron chi connectivity index (χ3n) is 2.27. The number of benzene rings is 1. The van der Waals surface area contributed by atoms with Crippen molar-refractivity contribution in [2.24, 2.45) is 0 Å². The van der Waals surface area contributed by atoms with Crippen LogP contribution in [0.15, 0.2) is 4.47 Å². The fraction of sp³-hybridized carbons (Fsp3) is 0.333. The Morgan fingerprint density at radius 1 is 0.833 bits per heavy atom. The van der Waals surface area contributed by atoms with Crippen LogP contribution in [0.25, 0.3) is 0 Å². The Labute approximate surface area is 81.1 Å². The van der Waals surface area contributed by atoms with Gasteiger partial charge in [-0.15, -0.1) is 0 Å². The van der Waals surface area contributed by atoms with E-state index in [0.717, 1.165) is 32.5 Å². The van der Waals surface area contributed by atoms with Gasteiger partial charge in [0.15, 0.2) is 0 Å². The number of rotatable bonds is 0. The van der Waals surface area contributed by atoms with Crippen LogP contribution in [0.1, 0.15) is 16.7 Å². The smallest absolute Gasteiger partial charge is 0.0405 e. The molecule has 4 N–H and O–H groups in total.